The van der Waals surface area contributed by atoms with E-state index < -0.39 is 0 Å². The van der Waals surface area contributed by atoms with Crippen molar-refractivity contribution in [1.82, 2.24) is 4.98 Å². The molecule has 0 saturated carbocycles. The van der Waals surface area contributed by atoms with Crippen molar-refractivity contribution >= 4 is 37.7 Å². The number of methoxy groups -OCH3 is 2. The Morgan fingerprint density at radius 1 is 0.844 bits per heavy atom. The Morgan fingerprint density at radius 2 is 1.62 bits per heavy atom. The topological polar surface area (TPSA) is 56.9 Å². The molecule has 0 aliphatic heterocycles. The Balaban J connectivity index is 1.74. The van der Waals surface area contributed by atoms with Gasteiger partial charge in [-0.15, -0.1) is 0 Å². The van der Waals surface area contributed by atoms with Crippen LogP contribution in [0.15, 0.2) is 70.1 Å². The van der Waals surface area contributed by atoms with Crippen LogP contribution in [0.5, 0.6) is 11.5 Å². The lowest BCUT2D eigenvalue weighted by atomic mass is 10.1. The fourth-order valence-corrected chi connectivity index (χ4v) is 4.63. The van der Waals surface area contributed by atoms with E-state index in [1.54, 1.807) is 25.6 Å². The van der Waals surface area contributed by atoms with E-state index in [-0.39, 0.29) is 0 Å². The molecule has 0 amide bonds. The van der Waals surface area contributed by atoms with E-state index in [4.69, 9.17) is 23.9 Å². The number of aryl methyl sites for hydroxylation is 2. The molecule has 5 aromatic rings. The van der Waals surface area contributed by atoms with Gasteiger partial charge >= 0.3 is 0 Å². The zero-order valence-electron chi connectivity index (χ0n) is 18.3. The van der Waals surface area contributed by atoms with Gasteiger partial charge in [-0.05, 0) is 61.9 Å². The van der Waals surface area contributed by atoms with Gasteiger partial charge in [-0.25, -0.2) is 9.98 Å². The van der Waals surface area contributed by atoms with Crippen LogP contribution in [0.4, 0.5) is 5.13 Å². The number of hydrogen-bond acceptors (Lipinski definition) is 6. The summed E-state index contributed by atoms with van der Waals surface area (Å²) in [5.74, 6) is 2.00. The minimum Gasteiger partial charge on any atom is -0.493 e. The van der Waals surface area contributed by atoms with E-state index in [0.29, 0.717) is 17.3 Å². The molecule has 2 aromatic heterocycles. The molecule has 0 unspecified atom stereocenters. The second-order valence-corrected chi connectivity index (χ2v) is 8.65. The summed E-state index contributed by atoms with van der Waals surface area (Å²) < 4.78 is 18.2. The summed E-state index contributed by atoms with van der Waals surface area (Å²) in [5.41, 5.74) is 4.95. The first-order valence-corrected chi connectivity index (χ1v) is 11.0. The Morgan fingerprint density at radius 3 is 2.44 bits per heavy atom. The van der Waals surface area contributed by atoms with Crippen LogP contribution >= 0.6 is 11.3 Å². The maximum absolute atomic E-state index is 6.26. The maximum Gasteiger partial charge on any atom is 0.210 e. The predicted molar refractivity (Wildman–Crippen MR) is 129 cm³/mol. The third-order valence-corrected chi connectivity index (χ3v) is 6.23. The molecular formula is C26H22N2O3S. The molecule has 160 valence electrons. The molecule has 2 heterocycles. The summed E-state index contributed by atoms with van der Waals surface area (Å²) in [6.45, 7) is 4.15. The van der Waals surface area contributed by atoms with Crippen LogP contribution in [0.25, 0.3) is 32.5 Å². The van der Waals surface area contributed by atoms with Crippen LogP contribution in [0.2, 0.25) is 0 Å². The second-order valence-electron chi connectivity index (χ2n) is 7.64. The van der Waals surface area contributed by atoms with Gasteiger partial charge in [-0.3, -0.25) is 0 Å². The minimum absolute atomic E-state index is 0.643. The zero-order chi connectivity index (χ0) is 22.2. The fourth-order valence-electron chi connectivity index (χ4n) is 3.68. The Hall–Kier alpha value is -3.64. The van der Waals surface area contributed by atoms with Crippen molar-refractivity contribution in [2.45, 2.75) is 13.8 Å². The van der Waals surface area contributed by atoms with E-state index in [1.165, 1.54) is 5.56 Å². The number of nitrogens with zero attached hydrogens (tertiary/aromatic N) is 2. The number of hydrogen-bond donors (Lipinski definition) is 0. The van der Waals surface area contributed by atoms with Gasteiger partial charge in [0.1, 0.15) is 11.3 Å². The lowest BCUT2D eigenvalue weighted by molar-refractivity contribution is 0.355. The molecule has 5 nitrogen and oxygen atoms in total. The third kappa shape index (κ3) is 3.74. The van der Waals surface area contributed by atoms with Crippen molar-refractivity contribution in [3.63, 3.8) is 0 Å². The largest absolute Gasteiger partial charge is 0.493 e. The summed E-state index contributed by atoms with van der Waals surface area (Å²) in [6, 6.07) is 20.0. The number of fused-ring (bicyclic) bond motifs is 2. The lowest BCUT2D eigenvalue weighted by Gasteiger charge is -2.10. The molecule has 6 heteroatoms. The highest BCUT2D eigenvalue weighted by Crippen LogP contribution is 2.33. The first kappa shape index (κ1) is 20.3. The molecule has 0 N–H and O–H groups in total. The number of benzene rings is 3. The van der Waals surface area contributed by atoms with Crippen molar-refractivity contribution < 1.29 is 13.9 Å². The Bertz CT molecular complexity index is 1530. The van der Waals surface area contributed by atoms with Gasteiger partial charge in [0, 0.05) is 17.0 Å². The van der Waals surface area contributed by atoms with Gasteiger partial charge in [-0.2, -0.15) is 0 Å². The average molecular weight is 443 g/mol. The summed E-state index contributed by atoms with van der Waals surface area (Å²) in [5, 5.41) is 2.48. The van der Waals surface area contributed by atoms with Crippen LogP contribution in [-0.2, 0) is 0 Å². The van der Waals surface area contributed by atoms with Gasteiger partial charge in [0.05, 0.1) is 29.8 Å². The molecule has 0 aliphatic carbocycles. The molecule has 0 saturated heterocycles. The molecule has 3 aromatic carbocycles. The Labute approximate surface area is 189 Å². The van der Waals surface area contributed by atoms with Crippen LogP contribution < -0.4 is 14.8 Å². The molecule has 0 bridgehead atoms. The van der Waals surface area contributed by atoms with Gasteiger partial charge in [0.15, 0.2) is 11.5 Å². The highest BCUT2D eigenvalue weighted by Gasteiger charge is 2.11. The molecule has 0 radical (unpaired) electrons. The van der Waals surface area contributed by atoms with Gasteiger partial charge in [-0.1, -0.05) is 29.0 Å². The monoisotopic (exact) mass is 442 g/mol. The molecule has 5 rings (SSSR count). The van der Waals surface area contributed by atoms with Gasteiger partial charge in [0.2, 0.25) is 5.13 Å². The van der Waals surface area contributed by atoms with Gasteiger partial charge < -0.3 is 13.9 Å². The van der Waals surface area contributed by atoms with Crippen LogP contribution in [0.3, 0.4) is 0 Å². The summed E-state index contributed by atoms with van der Waals surface area (Å²) in [6.07, 6.45) is 0. The smallest absolute Gasteiger partial charge is 0.210 e. The third-order valence-electron chi connectivity index (χ3n) is 5.32. The molecule has 0 aliphatic rings. The number of aromatic nitrogens is 1. The van der Waals surface area contributed by atoms with Gasteiger partial charge in [0.25, 0.3) is 0 Å². The molecule has 0 fully saturated rings. The zero-order valence-corrected chi connectivity index (χ0v) is 19.1. The maximum atomic E-state index is 6.26. The summed E-state index contributed by atoms with van der Waals surface area (Å²) >= 11 is 1.59. The van der Waals surface area contributed by atoms with Crippen LogP contribution in [-0.4, -0.2) is 19.2 Å². The highest BCUT2D eigenvalue weighted by molar-refractivity contribution is 7.21. The van der Waals surface area contributed by atoms with Crippen molar-refractivity contribution in [1.29, 1.82) is 0 Å². The minimum atomic E-state index is 0.643. The van der Waals surface area contributed by atoms with E-state index in [2.05, 4.69) is 32.0 Å². The van der Waals surface area contributed by atoms with Crippen LogP contribution in [0.1, 0.15) is 11.1 Å². The van der Waals surface area contributed by atoms with Crippen LogP contribution in [0, 0.1) is 13.8 Å². The van der Waals surface area contributed by atoms with E-state index in [9.17, 15) is 0 Å². The highest BCUT2D eigenvalue weighted by atomic mass is 32.1. The standard InChI is InChI=1S/C26H22N2O3S/c1-15-6-9-21-18(11-15)20(28-26-27-19-8-5-16(2)12-25(19)32-26)14-23(31-21)17-7-10-22(29-3)24(13-17)30-4/h5-14H,1-4H3/b28-20+. The lowest BCUT2D eigenvalue weighted by Crippen LogP contribution is -2.03. The van der Waals surface area contributed by atoms with E-state index >= 15 is 0 Å². The first-order valence-electron chi connectivity index (χ1n) is 10.2. The predicted octanol–water partition coefficient (Wildman–Crippen LogP) is 6.58. The molecular weight excluding hydrogens is 420 g/mol. The fraction of sp³-hybridized carbons (Fsp3) is 0.154. The summed E-state index contributed by atoms with van der Waals surface area (Å²) in [7, 11) is 3.24. The average Bonchev–Trinajstić information content (AvgIpc) is 3.20. The van der Waals surface area contributed by atoms with Crippen molar-refractivity contribution in [2.75, 3.05) is 14.2 Å². The van der Waals surface area contributed by atoms with Crippen molar-refractivity contribution in [3.05, 3.63) is 77.1 Å². The number of ether oxygens (including phenoxy) is 2. The summed E-state index contributed by atoms with van der Waals surface area (Å²) in [4.78, 5) is 9.65. The van der Waals surface area contributed by atoms with E-state index in [0.717, 1.165) is 42.8 Å². The SMILES string of the molecule is COc1ccc(-c2c/c(=N\c3nc4ccc(C)cc4s3)c3cc(C)ccc3o2)cc1OC. The first-order chi connectivity index (χ1) is 15.5. The second kappa shape index (κ2) is 8.13. The number of rotatable bonds is 4. The normalized spacial score (nSPS) is 11.9. The molecule has 0 atom stereocenters. The van der Waals surface area contributed by atoms with Crippen molar-refractivity contribution in [2.24, 2.45) is 4.99 Å². The van der Waals surface area contributed by atoms with E-state index in [1.807, 2.05) is 42.5 Å². The Kier molecular flexibility index (Phi) is 5.15. The molecule has 32 heavy (non-hydrogen) atoms. The quantitative estimate of drug-likeness (QED) is 0.316. The number of thiazole rings is 1. The molecule has 0 spiro atoms. The van der Waals surface area contributed by atoms with Crippen molar-refractivity contribution in [3.8, 4) is 22.8 Å².